The number of nitrogens with zero attached hydrogens (tertiary/aromatic N) is 3. The van der Waals surface area contributed by atoms with Gasteiger partial charge in [0.15, 0.2) is 5.13 Å². The highest BCUT2D eigenvalue weighted by Gasteiger charge is 2.14. The van der Waals surface area contributed by atoms with E-state index in [9.17, 15) is 0 Å². The maximum atomic E-state index is 6.03. The zero-order valence-corrected chi connectivity index (χ0v) is 12.9. The number of anilines is 1. The quantitative estimate of drug-likeness (QED) is 0.720. The molecule has 6 heteroatoms. The van der Waals surface area contributed by atoms with Crippen LogP contribution in [0.1, 0.15) is 18.2 Å². The second kappa shape index (κ2) is 7.41. The van der Waals surface area contributed by atoms with Gasteiger partial charge in [-0.15, -0.1) is 11.6 Å². The smallest absolute Gasteiger partial charge is 0.187 e. The lowest BCUT2D eigenvalue weighted by atomic mass is 10.4. The Morgan fingerprint density at radius 1 is 1.24 bits per heavy atom. The van der Waals surface area contributed by atoms with Gasteiger partial charge in [-0.3, -0.25) is 0 Å². The summed E-state index contributed by atoms with van der Waals surface area (Å²) in [6, 6.07) is 0. The Labute approximate surface area is 117 Å². The van der Waals surface area contributed by atoms with Gasteiger partial charge in [0.2, 0.25) is 0 Å². The van der Waals surface area contributed by atoms with Crippen LogP contribution < -0.4 is 4.90 Å². The van der Waals surface area contributed by atoms with Crippen molar-refractivity contribution in [3.05, 3.63) is 10.0 Å². The summed E-state index contributed by atoms with van der Waals surface area (Å²) in [6.45, 7) is 5.14. The molecule has 1 heterocycles. The zero-order chi connectivity index (χ0) is 12.8. The Morgan fingerprint density at radius 3 is 2.41 bits per heavy atom. The molecule has 17 heavy (non-hydrogen) atoms. The summed E-state index contributed by atoms with van der Waals surface area (Å²) in [6.07, 6.45) is 1.10. The predicted octanol–water partition coefficient (Wildman–Crippen LogP) is 3.31. The van der Waals surface area contributed by atoms with E-state index in [1.165, 1.54) is 0 Å². The Morgan fingerprint density at radius 2 is 1.94 bits per heavy atom. The second-order valence-corrected chi connectivity index (χ2v) is 5.82. The molecule has 98 valence electrons. The number of alkyl halides is 1. The first kappa shape index (κ1) is 15.0. The first-order valence-electron chi connectivity index (χ1n) is 5.69. The number of rotatable bonds is 7. The number of aromatic nitrogens is 1. The van der Waals surface area contributed by atoms with E-state index in [2.05, 4.69) is 35.8 Å². The van der Waals surface area contributed by atoms with Gasteiger partial charge in [0.25, 0.3) is 0 Å². The molecule has 0 radical (unpaired) electrons. The zero-order valence-electron chi connectivity index (χ0n) is 10.5. The Kier molecular flexibility index (Phi) is 6.55. The molecule has 0 aromatic carbocycles. The summed E-state index contributed by atoms with van der Waals surface area (Å²) < 4.78 is 0. The molecule has 1 rings (SSSR count). The molecule has 0 aliphatic heterocycles. The van der Waals surface area contributed by atoms with Gasteiger partial charge in [0.05, 0.1) is 10.8 Å². The van der Waals surface area contributed by atoms with E-state index in [0.29, 0.717) is 11.0 Å². The molecule has 1 aromatic heterocycles. The van der Waals surface area contributed by atoms with E-state index in [1.807, 2.05) is 0 Å². The van der Waals surface area contributed by atoms with Crippen LogP contribution in [0.4, 0.5) is 5.13 Å². The molecule has 0 unspecified atom stereocenters. The van der Waals surface area contributed by atoms with Crippen LogP contribution in [0.25, 0.3) is 0 Å². The average molecular weight is 296 g/mol. The van der Waals surface area contributed by atoms with E-state index >= 15 is 0 Å². The van der Waals surface area contributed by atoms with Crippen LogP contribution in [-0.4, -0.2) is 43.6 Å². The van der Waals surface area contributed by atoms with Gasteiger partial charge >= 0.3 is 0 Å². The van der Waals surface area contributed by atoms with Crippen molar-refractivity contribution in [2.45, 2.75) is 19.2 Å². The van der Waals surface area contributed by atoms with Gasteiger partial charge in [0.1, 0.15) is 5.15 Å². The third kappa shape index (κ3) is 4.62. The summed E-state index contributed by atoms with van der Waals surface area (Å²) in [7, 11) is 4.15. The fourth-order valence-electron chi connectivity index (χ4n) is 1.43. The molecule has 0 spiro atoms. The second-order valence-electron chi connectivity index (χ2n) is 4.13. The van der Waals surface area contributed by atoms with Crippen LogP contribution >= 0.6 is 34.5 Å². The Hall–Kier alpha value is -0.0300. The fourth-order valence-corrected chi connectivity index (χ4v) is 2.96. The Balaban J connectivity index is 2.73. The lowest BCUT2D eigenvalue weighted by Gasteiger charge is -2.22. The molecular formula is C11H19Cl2N3S. The van der Waals surface area contributed by atoms with Crippen LogP contribution in [-0.2, 0) is 5.88 Å². The normalized spacial score (nSPS) is 11.2. The van der Waals surface area contributed by atoms with E-state index in [4.69, 9.17) is 23.2 Å². The Bertz CT molecular complexity index is 341. The third-order valence-corrected chi connectivity index (χ3v) is 4.31. The van der Waals surface area contributed by atoms with Gasteiger partial charge in [-0.2, -0.15) is 0 Å². The minimum absolute atomic E-state index is 0.435. The predicted molar refractivity (Wildman–Crippen MR) is 77.7 cm³/mol. The van der Waals surface area contributed by atoms with Gasteiger partial charge < -0.3 is 9.80 Å². The van der Waals surface area contributed by atoms with Crippen molar-refractivity contribution in [1.29, 1.82) is 0 Å². The van der Waals surface area contributed by atoms with Crippen LogP contribution in [0.5, 0.6) is 0 Å². The van der Waals surface area contributed by atoms with Crippen molar-refractivity contribution in [3.8, 4) is 0 Å². The largest absolute Gasteiger partial charge is 0.347 e. The molecule has 0 saturated heterocycles. The summed E-state index contributed by atoms with van der Waals surface area (Å²) in [5, 5.41) is 1.53. The summed E-state index contributed by atoms with van der Waals surface area (Å²) >= 11 is 13.4. The number of hydrogen-bond acceptors (Lipinski definition) is 4. The van der Waals surface area contributed by atoms with Crippen molar-refractivity contribution >= 4 is 39.7 Å². The molecular weight excluding hydrogens is 277 g/mol. The first-order chi connectivity index (χ1) is 8.08. The molecule has 0 N–H and O–H groups in total. The average Bonchev–Trinajstić information content (AvgIpc) is 2.65. The van der Waals surface area contributed by atoms with Crippen LogP contribution in [0, 0.1) is 0 Å². The highest BCUT2D eigenvalue weighted by molar-refractivity contribution is 7.16. The van der Waals surface area contributed by atoms with Crippen molar-refractivity contribution in [3.63, 3.8) is 0 Å². The molecule has 0 bridgehead atoms. The topological polar surface area (TPSA) is 19.4 Å². The van der Waals surface area contributed by atoms with Crippen LogP contribution in [0.15, 0.2) is 0 Å². The van der Waals surface area contributed by atoms with Crippen molar-refractivity contribution < 1.29 is 0 Å². The minimum Gasteiger partial charge on any atom is -0.347 e. The fraction of sp³-hybridized carbons (Fsp3) is 0.727. The van der Waals surface area contributed by atoms with Gasteiger partial charge in [-0.05, 0) is 20.5 Å². The first-order valence-corrected chi connectivity index (χ1v) is 7.42. The molecule has 0 amide bonds. The molecule has 0 atom stereocenters. The van der Waals surface area contributed by atoms with Gasteiger partial charge in [-0.25, -0.2) is 4.98 Å². The van der Waals surface area contributed by atoms with Crippen molar-refractivity contribution in [1.82, 2.24) is 9.88 Å². The van der Waals surface area contributed by atoms with Gasteiger partial charge in [-0.1, -0.05) is 29.9 Å². The monoisotopic (exact) mass is 295 g/mol. The molecule has 3 nitrogen and oxygen atoms in total. The minimum atomic E-state index is 0.435. The summed E-state index contributed by atoms with van der Waals surface area (Å²) in [4.78, 5) is 9.78. The number of likely N-dealkylation sites (N-methyl/N-ethyl adjacent to an activating group) is 1. The van der Waals surface area contributed by atoms with Gasteiger partial charge in [0, 0.05) is 19.6 Å². The maximum Gasteiger partial charge on any atom is 0.187 e. The molecule has 0 aliphatic carbocycles. The van der Waals surface area contributed by atoms with E-state index in [0.717, 1.165) is 36.1 Å². The third-order valence-electron chi connectivity index (χ3n) is 2.34. The highest BCUT2D eigenvalue weighted by Crippen LogP contribution is 2.30. The standard InChI is InChI=1S/C11H19Cl2N3S/c1-4-5-16(7-6-15(2)3)11-14-10(13)9(8-12)17-11/h4-8H2,1-3H3. The van der Waals surface area contributed by atoms with Crippen molar-refractivity contribution in [2.75, 3.05) is 38.6 Å². The summed E-state index contributed by atoms with van der Waals surface area (Å²) in [5.41, 5.74) is 0. The number of hydrogen-bond donors (Lipinski definition) is 0. The molecule has 0 fully saturated rings. The van der Waals surface area contributed by atoms with Crippen LogP contribution in [0.2, 0.25) is 5.15 Å². The van der Waals surface area contributed by atoms with E-state index in [1.54, 1.807) is 11.3 Å². The number of thiazole rings is 1. The van der Waals surface area contributed by atoms with Crippen LogP contribution in [0.3, 0.4) is 0 Å². The lowest BCUT2D eigenvalue weighted by Crippen LogP contribution is -2.32. The van der Waals surface area contributed by atoms with E-state index < -0.39 is 0 Å². The molecule has 1 aromatic rings. The lowest BCUT2D eigenvalue weighted by molar-refractivity contribution is 0.413. The highest BCUT2D eigenvalue weighted by atomic mass is 35.5. The van der Waals surface area contributed by atoms with Crippen molar-refractivity contribution in [2.24, 2.45) is 0 Å². The molecule has 0 aliphatic rings. The van der Waals surface area contributed by atoms with E-state index in [-0.39, 0.29) is 0 Å². The summed E-state index contributed by atoms with van der Waals surface area (Å²) in [5.74, 6) is 0.435. The SMILES string of the molecule is CCCN(CCN(C)C)c1nc(Cl)c(CCl)s1. The number of halogens is 2. The molecule has 0 saturated carbocycles. The maximum absolute atomic E-state index is 6.03.